The van der Waals surface area contributed by atoms with E-state index in [1.54, 1.807) is 24.5 Å². The van der Waals surface area contributed by atoms with E-state index in [-0.39, 0.29) is 0 Å². The lowest BCUT2D eigenvalue weighted by Crippen LogP contribution is -2.25. The SMILES string of the molecule is CC1(F)CCN(Cc2nccs2)C1. The van der Waals surface area contributed by atoms with Crippen molar-refractivity contribution in [3.8, 4) is 0 Å². The van der Waals surface area contributed by atoms with Crippen LogP contribution in [0.3, 0.4) is 0 Å². The van der Waals surface area contributed by atoms with Crippen LogP contribution in [0.25, 0.3) is 0 Å². The van der Waals surface area contributed by atoms with Crippen LogP contribution in [0.2, 0.25) is 0 Å². The van der Waals surface area contributed by atoms with Crippen molar-refractivity contribution >= 4 is 11.3 Å². The molecule has 1 aromatic heterocycles. The summed E-state index contributed by atoms with van der Waals surface area (Å²) in [5.41, 5.74) is -0.989. The summed E-state index contributed by atoms with van der Waals surface area (Å²) in [7, 11) is 0. The molecule has 0 aromatic carbocycles. The summed E-state index contributed by atoms with van der Waals surface area (Å²) in [5.74, 6) is 0. The van der Waals surface area contributed by atoms with Crippen LogP contribution in [0, 0.1) is 0 Å². The molecule has 1 aliphatic heterocycles. The third-order valence-electron chi connectivity index (χ3n) is 2.34. The summed E-state index contributed by atoms with van der Waals surface area (Å²) in [6, 6.07) is 0. The van der Waals surface area contributed by atoms with Crippen molar-refractivity contribution in [3.63, 3.8) is 0 Å². The molecule has 0 aliphatic carbocycles. The van der Waals surface area contributed by atoms with Crippen LogP contribution < -0.4 is 0 Å². The first-order chi connectivity index (χ1) is 6.16. The van der Waals surface area contributed by atoms with Crippen molar-refractivity contribution in [1.82, 2.24) is 9.88 Å². The van der Waals surface area contributed by atoms with E-state index in [9.17, 15) is 4.39 Å². The molecule has 1 aliphatic rings. The fraction of sp³-hybridized carbons (Fsp3) is 0.667. The van der Waals surface area contributed by atoms with Crippen LogP contribution >= 0.6 is 11.3 Å². The Bertz CT molecular complexity index is 271. The largest absolute Gasteiger partial charge is 0.293 e. The monoisotopic (exact) mass is 200 g/mol. The number of rotatable bonds is 2. The Morgan fingerprint density at radius 3 is 3.15 bits per heavy atom. The Labute approximate surface area is 81.4 Å². The molecule has 0 N–H and O–H groups in total. The Balaban J connectivity index is 1.91. The van der Waals surface area contributed by atoms with Gasteiger partial charge in [0, 0.05) is 24.7 Å². The number of likely N-dealkylation sites (tertiary alicyclic amines) is 1. The summed E-state index contributed by atoms with van der Waals surface area (Å²) < 4.78 is 13.4. The summed E-state index contributed by atoms with van der Waals surface area (Å²) >= 11 is 1.63. The van der Waals surface area contributed by atoms with Gasteiger partial charge in [0.05, 0.1) is 6.54 Å². The molecule has 1 fully saturated rings. The number of alkyl halides is 1. The summed E-state index contributed by atoms with van der Waals surface area (Å²) in [6.07, 6.45) is 2.45. The second kappa shape index (κ2) is 3.35. The highest BCUT2D eigenvalue weighted by Gasteiger charge is 2.33. The molecule has 1 aromatic rings. The van der Waals surface area contributed by atoms with Crippen LogP contribution in [0.15, 0.2) is 11.6 Å². The molecule has 2 heterocycles. The van der Waals surface area contributed by atoms with Gasteiger partial charge in [0.1, 0.15) is 10.7 Å². The highest BCUT2D eigenvalue weighted by atomic mass is 32.1. The highest BCUT2D eigenvalue weighted by molar-refractivity contribution is 7.09. The summed E-state index contributed by atoms with van der Waals surface area (Å²) in [4.78, 5) is 6.31. The number of hydrogen-bond acceptors (Lipinski definition) is 3. The van der Waals surface area contributed by atoms with Gasteiger partial charge < -0.3 is 0 Å². The molecular weight excluding hydrogens is 187 g/mol. The zero-order valence-electron chi connectivity index (χ0n) is 7.66. The molecule has 0 amide bonds. The maximum Gasteiger partial charge on any atom is 0.122 e. The minimum Gasteiger partial charge on any atom is -0.293 e. The van der Waals surface area contributed by atoms with Gasteiger partial charge in [-0.1, -0.05) is 0 Å². The third-order valence-corrected chi connectivity index (χ3v) is 3.11. The van der Waals surface area contributed by atoms with Gasteiger partial charge in [-0.05, 0) is 13.3 Å². The minimum absolute atomic E-state index is 0.548. The fourth-order valence-electron chi connectivity index (χ4n) is 1.67. The van der Waals surface area contributed by atoms with E-state index in [1.165, 1.54) is 0 Å². The summed E-state index contributed by atoms with van der Waals surface area (Å²) in [6.45, 7) is 3.88. The maximum atomic E-state index is 13.4. The second-order valence-corrected chi connectivity index (χ2v) is 4.78. The van der Waals surface area contributed by atoms with Crippen LogP contribution in [0.1, 0.15) is 18.4 Å². The van der Waals surface area contributed by atoms with Gasteiger partial charge in [-0.2, -0.15) is 0 Å². The molecule has 2 nitrogen and oxygen atoms in total. The Hall–Kier alpha value is -0.480. The van der Waals surface area contributed by atoms with Gasteiger partial charge in [0.25, 0.3) is 0 Å². The number of halogens is 1. The van der Waals surface area contributed by atoms with Crippen molar-refractivity contribution in [2.45, 2.75) is 25.6 Å². The summed E-state index contributed by atoms with van der Waals surface area (Å²) in [5, 5.41) is 3.04. The first-order valence-electron chi connectivity index (χ1n) is 4.45. The van der Waals surface area contributed by atoms with Crippen LogP contribution in [0.4, 0.5) is 4.39 Å². The molecule has 72 valence electrons. The number of aromatic nitrogens is 1. The lowest BCUT2D eigenvalue weighted by atomic mass is 10.1. The predicted molar refractivity (Wildman–Crippen MR) is 51.5 cm³/mol. The number of hydrogen-bond donors (Lipinski definition) is 0. The number of nitrogens with zero attached hydrogens (tertiary/aromatic N) is 2. The van der Waals surface area contributed by atoms with Gasteiger partial charge in [0.2, 0.25) is 0 Å². The van der Waals surface area contributed by atoms with Crippen molar-refractivity contribution in [1.29, 1.82) is 0 Å². The van der Waals surface area contributed by atoms with Crippen molar-refractivity contribution in [2.24, 2.45) is 0 Å². The molecular formula is C9H13FN2S. The molecule has 1 atom stereocenters. The predicted octanol–water partition coefficient (Wildman–Crippen LogP) is 2.08. The van der Waals surface area contributed by atoms with E-state index in [1.807, 2.05) is 5.38 Å². The van der Waals surface area contributed by atoms with Gasteiger partial charge >= 0.3 is 0 Å². The average molecular weight is 200 g/mol. The molecule has 1 saturated heterocycles. The smallest absolute Gasteiger partial charge is 0.122 e. The fourth-order valence-corrected chi connectivity index (χ4v) is 2.33. The molecule has 0 radical (unpaired) electrons. The zero-order valence-corrected chi connectivity index (χ0v) is 8.48. The topological polar surface area (TPSA) is 16.1 Å². The first kappa shape index (κ1) is 9.09. The lowest BCUT2D eigenvalue weighted by molar-refractivity contribution is 0.186. The van der Waals surface area contributed by atoms with Gasteiger partial charge in [-0.25, -0.2) is 9.37 Å². The van der Waals surface area contributed by atoms with Crippen molar-refractivity contribution in [3.05, 3.63) is 16.6 Å². The van der Waals surface area contributed by atoms with Crippen LogP contribution in [-0.4, -0.2) is 28.6 Å². The quantitative estimate of drug-likeness (QED) is 0.726. The van der Waals surface area contributed by atoms with E-state index in [0.717, 1.165) is 18.1 Å². The molecule has 2 rings (SSSR count). The van der Waals surface area contributed by atoms with E-state index in [0.29, 0.717) is 13.0 Å². The van der Waals surface area contributed by atoms with Crippen LogP contribution in [-0.2, 0) is 6.54 Å². The van der Waals surface area contributed by atoms with Crippen molar-refractivity contribution < 1.29 is 4.39 Å². The standard InChI is InChI=1S/C9H13FN2S/c1-9(10)2-4-12(7-9)6-8-11-3-5-13-8/h3,5H,2,4,6-7H2,1H3. The molecule has 4 heteroatoms. The zero-order chi connectivity index (χ0) is 9.31. The van der Waals surface area contributed by atoms with Crippen LogP contribution in [0.5, 0.6) is 0 Å². The average Bonchev–Trinajstić information content (AvgIpc) is 2.61. The van der Waals surface area contributed by atoms with Crippen molar-refractivity contribution in [2.75, 3.05) is 13.1 Å². The molecule has 13 heavy (non-hydrogen) atoms. The van der Waals surface area contributed by atoms with Gasteiger partial charge in [-0.15, -0.1) is 11.3 Å². The third kappa shape index (κ3) is 2.25. The van der Waals surface area contributed by atoms with E-state index in [2.05, 4.69) is 9.88 Å². The normalized spacial score (nSPS) is 29.7. The molecule has 1 unspecified atom stereocenters. The minimum atomic E-state index is -0.989. The molecule has 0 saturated carbocycles. The Morgan fingerprint density at radius 2 is 2.62 bits per heavy atom. The number of thiazole rings is 1. The Kier molecular flexibility index (Phi) is 2.34. The lowest BCUT2D eigenvalue weighted by Gasteiger charge is -2.15. The second-order valence-electron chi connectivity index (χ2n) is 3.80. The van der Waals surface area contributed by atoms with E-state index < -0.39 is 5.67 Å². The highest BCUT2D eigenvalue weighted by Crippen LogP contribution is 2.26. The van der Waals surface area contributed by atoms with Gasteiger partial charge in [-0.3, -0.25) is 4.90 Å². The van der Waals surface area contributed by atoms with E-state index in [4.69, 9.17) is 0 Å². The first-order valence-corrected chi connectivity index (χ1v) is 5.33. The molecule has 0 spiro atoms. The Morgan fingerprint density at radius 1 is 1.77 bits per heavy atom. The van der Waals surface area contributed by atoms with E-state index >= 15 is 0 Å². The van der Waals surface area contributed by atoms with Gasteiger partial charge in [0.15, 0.2) is 0 Å². The molecule has 0 bridgehead atoms. The maximum absolute atomic E-state index is 13.4.